The lowest BCUT2D eigenvalue weighted by Crippen LogP contribution is -2.51. The SMILES string of the molecule is COc1ccc([C@H]2[C@@H](C(=O)Nc3ccc(C(F)(F)F)cc3)c3ccccc3C(=O)N2C2CCCCC2)cc1. The molecular formula is C30H29F3N2O3. The molecule has 3 aromatic carbocycles. The molecule has 0 spiro atoms. The zero-order chi connectivity index (χ0) is 26.9. The molecule has 2 amide bonds. The summed E-state index contributed by atoms with van der Waals surface area (Å²) in [6, 6.07) is 18.3. The van der Waals surface area contributed by atoms with E-state index in [1.54, 1.807) is 31.4 Å². The average Bonchev–Trinajstić information content (AvgIpc) is 2.93. The van der Waals surface area contributed by atoms with E-state index in [0.717, 1.165) is 49.8 Å². The van der Waals surface area contributed by atoms with Crippen LogP contribution in [0.25, 0.3) is 0 Å². The third-order valence-corrected chi connectivity index (χ3v) is 7.56. The monoisotopic (exact) mass is 522 g/mol. The quantitative estimate of drug-likeness (QED) is 0.394. The normalized spacial score (nSPS) is 20.1. The Kier molecular flexibility index (Phi) is 7.15. The second-order valence-electron chi connectivity index (χ2n) is 9.85. The Morgan fingerprint density at radius 3 is 2.21 bits per heavy atom. The maximum absolute atomic E-state index is 14.0. The molecule has 1 aliphatic heterocycles. The molecule has 0 saturated heterocycles. The molecule has 0 bridgehead atoms. The number of ether oxygens (including phenoxy) is 1. The zero-order valence-electron chi connectivity index (χ0n) is 21.0. The highest BCUT2D eigenvalue weighted by atomic mass is 19.4. The molecule has 1 saturated carbocycles. The number of anilines is 1. The maximum atomic E-state index is 14.0. The van der Waals surface area contributed by atoms with Gasteiger partial charge >= 0.3 is 6.18 Å². The predicted octanol–water partition coefficient (Wildman–Crippen LogP) is 6.97. The van der Waals surface area contributed by atoms with E-state index < -0.39 is 23.7 Å². The number of nitrogens with zero attached hydrogens (tertiary/aromatic N) is 1. The molecule has 0 aromatic heterocycles. The molecule has 3 aromatic rings. The van der Waals surface area contributed by atoms with Gasteiger partial charge < -0.3 is 15.0 Å². The molecule has 38 heavy (non-hydrogen) atoms. The van der Waals surface area contributed by atoms with Crippen molar-refractivity contribution >= 4 is 17.5 Å². The minimum Gasteiger partial charge on any atom is -0.497 e. The summed E-state index contributed by atoms with van der Waals surface area (Å²) in [6.45, 7) is 0. The first-order valence-electron chi connectivity index (χ1n) is 12.8. The second-order valence-corrected chi connectivity index (χ2v) is 9.85. The Morgan fingerprint density at radius 1 is 0.921 bits per heavy atom. The second kappa shape index (κ2) is 10.5. The van der Waals surface area contributed by atoms with E-state index in [1.165, 1.54) is 12.1 Å². The number of nitrogens with one attached hydrogen (secondary N) is 1. The summed E-state index contributed by atoms with van der Waals surface area (Å²) in [7, 11) is 1.57. The third-order valence-electron chi connectivity index (χ3n) is 7.56. The van der Waals surface area contributed by atoms with E-state index in [9.17, 15) is 22.8 Å². The minimum atomic E-state index is -4.47. The van der Waals surface area contributed by atoms with Crippen molar-refractivity contribution in [2.75, 3.05) is 12.4 Å². The van der Waals surface area contributed by atoms with Gasteiger partial charge in [-0.15, -0.1) is 0 Å². The van der Waals surface area contributed by atoms with Crippen LogP contribution in [0.4, 0.5) is 18.9 Å². The van der Waals surface area contributed by atoms with Crippen molar-refractivity contribution in [2.45, 2.75) is 56.3 Å². The smallest absolute Gasteiger partial charge is 0.416 e. The summed E-state index contributed by atoms with van der Waals surface area (Å²) in [5.74, 6) is -0.592. The van der Waals surface area contributed by atoms with Crippen LogP contribution >= 0.6 is 0 Å². The molecule has 8 heteroatoms. The van der Waals surface area contributed by atoms with Crippen molar-refractivity contribution in [3.8, 4) is 5.75 Å². The molecule has 0 unspecified atom stereocenters. The molecule has 1 N–H and O–H groups in total. The van der Waals surface area contributed by atoms with Gasteiger partial charge in [0.15, 0.2) is 0 Å². The third kappa shape index (κ3) is 4.99. The summed E-state index contributed by atoms with van der Waals surface area (Å²) in [5, 5.41) is 2.82. The van der Waals surface area contributed by atoms with E-state index in [4.69, 9.17) is 4.74 Å². The average molecular weight is 523 g/mol. The molecule has 2 aliphatic rings. The molecule has 1 aliphatic carbocycles. The highest BCUT2D eigenvalue weighted by Gasteiger charge is 2.46. The first-order chi connectivity index (χ1) is 18.3. The Hall–Kier alpha value is -3.81. The first-order valence-corrected chi connectivity index (χ1v) is 12.8. The van der Waals surface area contributed by atoms with Crippen LogP contribution in [-0.4, -0.2) is 29.9 Å². The Bertz CT molecular complexity index is 1300. The van der Waals surface area contributed by atoms with Crippen LogP contribution in [0.3, 0.4) is 0 Å². The van der Waals surface area contributed by atoms with Gasteiger partial charge in [-0.05, 0) is 66.4 Å². The lowest BCUT2D eigenvalue weighted by molar-refractivity contribution is -0.137. The fourth-order valence-corrected chi connectivity index (χ4v) is 5.71. The molecule has 1 heterocycles. The number of hydrogen-bond donors (Lipinski definition) is 1. The molecule has 5 rings (SSSR count). The van der Waals surface area contributed by atoms with Crippen LogP contribution in [0, 0.1) is 0 Å². The predicted molar refractivity (Wildman–Crippen MR) is 138 cm³/mol. The number of rotatable bonds is 5. The van der Waals surface area contributed by atoms with Gasteiger partial charge in [-0.25, -0.2) is 0 Å². The maximum Gasteiger partial charge on any atom is 0.416 e. The number of hydrogen-bond acceptors (Lipinski definition) is 3. The molecule has 0 radical (unpaired) electrons. The number of methoxy groups -OCH3 is 1. The number of amides is 2. The molecule has 2 atom stereocenters. The summed E-state index contributed by atoms with van der Waals surface area (Å²) in [6.07, 6.45) is 0.370. The standard InChI is InChI=1S/C30H29F3N2O3/c1-38-23-17-11-19(12-18-23)27-26(28(36)34-21-15-13-20(14-16-21)30(31,32)33)24-9-5-6-10-25(24)29(37)35(27)22-7-3-2-4-8-22/h5-6,9-18,22,26-27H,2-4,7-8H2,1H3,(H,34,36)/t26-,27-/m0/s1. The van der Waals surface area contributed by atoms with Crippen LogP contribution in [-0.2, 0) is 11.0 Å². The molecule has 5 nitrogen and oxygen atoms in total. The fraction of sp³-hybridized carbons (Fsp3) is 0.333. The zero-order valence-corrected chi connectivity index (χ0v) is 21.0. The van der Waals surface area contributed by atoms with E-state index in [2.05, 4.69) is 5.32 Å². The van der Waals surface area contributed by atoms with E-state index >= 15 is 0 Å². The molecule has 1 fully saturated rings. The van der Waals surface area contributed by atoms with Crippen LogP contribution in [0.5, 0.6) is 5.75 Å². The number of carbonyl (C=O) groups is 2. The Morgan fingerprint density at radius 2 is 1.58 bits per heavy atom. The number of alkyl halides is 3. The minimum absolute atomic E-state index is 0.0157. The number of benzene rings is 3. The van der Waals surface area contributed by atoms with Gasteiger partial charge in [0.1, 0.15) is 5.75 Å². The largest absolute Gasteiger partial charge is 0.497 e. The van der Waals surface area contributed by atoms with Crippen LogP contribution in [0.15, 0.2) is 72.8 Å². The Balaban J connectivity index is 1.58. The topological polar surface area (TPSA) is 58.6 Å². The van der Waals surface area contributed by atoms with Gasteiger partial charge in [0.25, 0.3) is 5.91 Å². The lowest BCUT2D eigenvalue weighted by Gasteiger charge is -2.46. The highest BCUT2D eigenvalue weighted by molar-refractivity contribution is 6.04. The number of carbonyl (C=O) groups excluding carboxylic acids is 2. The van der Waals surface area contributed by atoms with Gasteiger partial charge in [-0.3, -0.25) is 9.59 Å². The first kappa shape index (κ1) is 25.8. The van der Waals surface area contributed by atoms with E-state index in [1.807, 2.05) is 29.2 Å². The number of halogens is 3. The van der Waals surface area contributed by atoms with Gasteiger partial charge in [-0.1, -0.05) is 49.6 Å². The number of fused-ring (bicyclic) bond motifs is 1. The van der Waals surface area contributed by atoms with Crippen molar-refractivity contribution in [3.05, 3.63) is 95.1 Å². The van der Waals surface area contributed by atoms with Crippen LogP contribution in [0.2, 0.25) is 0 Å². The van der Waals surface area contributed by atoms with Crippen molar-refractivity contribution in [1.82, 2.24) is 4.90 Å². The van der Waals surface area contributed by atoms with Crippen molar-refractivity contribution < 1.29 is 27.5 Å². The van der Waals surface area contributed by atoms with Gasteiger partial charge in [0.05, 0.1) is 24.6 Å². The summed E-state index contributed by atoms with van der Waals surface area (Å²) < 4.78 is 44.5. The van der Waals surface area contributed by atoms with Crippen molar-refractivity contribution in [2.24, 2.45) is 0 Å². The van der Waals surface area contributed by atoms with E-state index in [0.29, 0.717) is 16.9 Å². The molecule has 198 valence electrons. The van der Waals surface area contributed by atoms with Crippen LogP contribution < -0.4 is 10.1 Å². The fourth-order valence-electron chi connectivity index (χ4n) is 5.71. The van der Waals surface area contributed by atoms with Crippen molar-refractivity contribution in [3.63, 3.8) is 0 Å². The summed E-state index contributed by atoms with van der Waals surface area (Å²) >= 11 is 0. The van der Waals surface area contributed by atoms with Gasteiger partial charge in [0, 0.05) is 17.3 Å². The Labute approximate surface area is 219 Å². The highest BCUT2D eigenvalue weighted by Crippen LogP contribution is 2.46. The van der Waals surface area contributed by atoms with E-state index in [-0.39, 0.29) is 23.5 Å². The summed E-state index contributed by atoms with van der Waals surface area (Å²) in [4.78, 5) is 29.8. The van der Waals surface area contributed by atoms with Gasteiger partial charge in [-0.2, -0.15) is 13.2 Å². The molecular weight excluding hydrogens is 493 g/mol. The van der Waals surface area contributed by atoms with Crippen LogP contribution in [0.1, 0.15) is 71.1 Å². The summed E-state index contributed by atoms with van der Waals surface area (Å²) in [5.41, 5.74) is 1.36. The van der Waals surface area contributed by atoms with Gasteiger partial charge in [0.2, 0.25) is 5.91 Å². The lowest BCUT2D eigenvalue weighted by atomic mass is 9.77. The van der Waals surface area contributed by atoms with Crippen molar-refractivity contribution in [1.29, 1.82) is 0 Å².